The zero-order valence-corrected chi connectivity index (χ0v) is 10.7. The molecule has 1 nitrogen and oxygen atoms in total. The Balaban J connectivity index is 2.10. The Hall–Kier alpha value is -1.78. The molecule has 0 bridgehead atoms. The van der Waals surface area contributed by atoms with Gasteiger partial charge in [-0.2, -0.15) is 13.2 Å². The van der Waals surface area contributed by atoms with Gasteiger partial charge < -0.3 is 4.90 Å². The predicted molar refractivity (Wildman–Crippen MR) is 68.8 cm³/mol. The molecule has 0 spiro atoms. The van der Waals surface area contributed by atoms with Gasteiger partial charge in [0.05, 0.1) is 11.3 Å². The summed E-state index contributed by atoms with van der Waals surface area (Å²) in [5.74, 6) is -0.650. The number of nitrogens with zero attached hydrogens (tertiary/aromatic N) is 1. The Labute approximate surface area is 114 Å². The molecule has 1 aromatic carbocycles. The van der Waals surface area contributed by atoms with Crippen LogP contribution < -0.4 is 4.90 Å². The topological polar surface area (TPSA) is 3.24 Å². The molecular weight excluding hydrogens is 270 g/mol. The first kappa shape index (κ1) is 13.2. The van der Waals surface area contributed by atoms with Crippen molar-refractivity contribution >= 4 is 5.69 Å². The van der Waals surface area contributed by atoms with Gasteiger partial charge in [0.2, 0.25) is 0 Å². The molecule has 0 aromatic heterocycles. The van der Waals surface area contributed by atoms with E-state index in [1.807, 2.05) is 12.2 Å². The van der Waals surface area contributed by atoms with Crippen LogP contribution in [0.2, 0.25) is 0 Å². The first-order valence-corrected chi connectivity index (χ1v) is 6.49. The van der Waals surface area contributed by atoms with E-state index >= 15 is 0 Å². The Kier molecular flexibility index (Phi) is 3.07. The fourth-order valence-corrected chi connectivity index (χ4v) is 2.86. The van der Waals surface area contributed by atoms with E-state index in [1.54, 1.807) is 4.90 Å². The second-order valence-electron chi connectivity index (χ2n) is 5.00. The average molecular weight is 283 g/mol. The summed E-state index contributed by atoms with van der Waals surface area (Å²) in [6.45, 7) is 0.353. The van der Waals surface area contributed by atoms with Crippen LogP contribution in [0.5, 0.6) is 0 Å². The molecule has 0 atom stereocenters. The van der Waals surface area contributed by atoms with Crippen molar-refractivity contribution in [3.8, 4) is 0 Å². The van der Waals surface area contributed by atoms with Gasteiger partial charge in [-0.3, -0.25) is 0 Å². The van der Waals surface area contributed by atoms with Crippen LogP contribution in [0.25, 0.3) is 0 Å². The van der Waals surface area contributed by atoms with Crippen molar-refractivity contribution in [3.05, 3.63) is 53.0 Å². The minimum Gasteiger partial charge on any atom is -0.340 e. The smallest absolute Gasteiger partial charge is 0.340 e. The lowest BCUT2D eigenvalue weighted by atomic mass is 10.1. The number of hydrogen-bond acceptors (Lipinski definition) is 1. The van der Waals surface area contributed by atoms with E-state index in [1.165, 1.54) is 0 Å². The van der Waals surface area contributed by atoms with E-state index in [-0.39, 0.29) is 5.69 Å². The summed E-state index contributed by atoms with van der Waals surface area (Å²) in [7, 11) is 0. The third-order valence-corrected chi connectivity index (χ3v) is 3.72. The van der Waals surface area contributed by atoms with Crippen LogP contribution in [0.15, 0.2) is 41.6 Å². The summed E-state index contributed by atoms with van der Waals surface area (Å²) >= 11 is 0. The van der Waals surface area contributed by atoms with Crippen molar-refractivity contribution in [2.75, 3.05) is 11.4 Å². The molecule has 1 aliphatic heterocycles. The van der Waals surface area contributed by atoms with E-state index in [0.29, 0.717) is 6.54 Å². The molecule has 0 saturated carbocycles. The van der Waals surface area contributed by atoms with Crippen molar-refractivity contribution in [1.29, 1.82) is 0 Å². The lowest BCUT2D eigenvalue weighted by Gasteiger charge is -2.30. The maximum absolute atomic E-state index is 13.4. The highest BCUT2D eigenvalue weighted by Crippen LogP contribution is 2.42. The van der Waals surface area contributed by atoms with Crippen LogP contribution in [-0.4, -0.2) is 6.54 Å². The molecule has 20 heavy (non-hydrogen) atoms. The summed E-state index contributed by atoms with van der Waals surface area (Å²) in [5.41, 5.74) is 1.08. The largest absolute Gasteiger partial charge is 0.418 e. The predicted octanol–water partition coefficient (Wildman–Crippen LogP) is 4.66. The molecular formula is C15H13F4N. The van der Waals surface area contributed by atoms with Gasteiger partial charge in [0.15, 0.2) is 0 Å². The molecule has 0 saturated heterocycles. The van der Waals surface area contributed by atoms with Gasteiger partial charge in [-0.15, -0.1) is 0 Å². The number of allylic oxidation sites excluding steroid dienone is 3. The standard InChI is InChI=1S/C15H13F4N/c16-11-6-7-12(15(17,18)19)14(9-11)20-8-2-4-10-3-1-5-13(10)20/h2,4,6-7,9H,1,3,5,8H2. The normalized spacial score (nSPS) is 18.7. The number of alkyl halides is 3. The zero-order chi connectivity index (χ0) is 14.3. The summed E-state index contributed by atoms with van der Waals surface area (Å²) < 4.78 is 52.7. The summed E-state index contributed by atoms with van der Waals surface area (Å²) in [4.78, 5) is 1.59. The van der Waals surface area contributed by atoms with E-state index in [4.69, 9.17) is 0 Å². The van der Waals surface area contributed by atoms with Gasteiger partial charge in [0.25, 0.3) is 0 Å². The van der Waals surface area contributed by atoms with Crippen LogP contribution in [0, 0.1) is 5.82 Å². The first-order valence-electron chi connectivity index (χ1n) is 6.49. The quantitative estimate of drug-likeness (QED) is 0.678. The van der Waals surface area contributed by atoms with Gasteiger partial charge >= 0.3 is 6.18 Å². The summed E-state index contributed by atoms with van der Waals surface area (Å²) in [6.07, 6.45) is 1.86. The van der Waals surface area contributed by atoms with Crippen molar-refractivity contribution < 1.29 is 17.6 Å². The molecule has 0 N–H and O–H groups in total. The van der Waals surface area contributed by atoms with Gasteiger partial charge in [0.1, 0.15) is 5.82 Å². The van der Waals surface area contributed by atoms with E-state index < -0.39 is 17.6 Å². The van der Waals surface area contributed by atoms with E-state index in [9.17, 15) is 17.6 Å². The van der Waals surface area contributed by atoms with Crippen LogP contribution in [0.4, 0.5) is 23.2 Å². The zero-order valence-electron chi connectivity index (χ0n) is 10.7. The summed E-state index contributed by atoms with van der Waals surface area (Å²) in [6, 6.07) is 2.65. The number of halogens is 4. The average Bonchev–Trinajstić information content (AvgIpc) is 2.85. The van der Waals surface area contributed by atoms with Crippen molar-refractivity contribution in [3.63, 3.8) is 0 Å². The minimum atomic E-state index is -4.48. The molecule has 2 aliphatic rings. The second-order valence-corrected chi connectivity index (χ2v) is 5.00. The minimum absolute atomic E-state index is 0.0868. The molecule has 0 unspecified atom stereocenters. The number of benzene rings is 1. The first-order chi connectivity index (χ1) is 9.47. The molecule has 0 radical (unpaired) electrons. The Morgan fingerprint density at radius 3 is 2.65 bits per heavy atom. The molecule has 0 amide bonds. The molecule has 3 rings (SSSR count). The van der Waals surface area contributed by atoms with Crippen LogP contribution in [0.3, 0.4) is 0 Å². The number of hydrogen-bond donors (Lipinski definition) is 0. The monoisotopic (exact) mass is 283 g/mol. The highest BCUT2D eigenvalue weighted by Gasteiger charge is 2.36. The molecule has 1 heterocycles. The summed E-state index contributed by atoms with van der Waals surface area (Å²) in [5, 5.41) is 0. The van der Waals surface area contributed by atoms with Crippen LogP contribution in [-0.2, 0) is 6.18 Å². The lowest BCUT2D eigenvalue weighted by molar-refractivity contribution is -0.137. The van der Waals surface area contributed by atoms with Crippen LogP contribution >= 0.6 is 0 Å². The SMILES string of the molecule is Fc1ccc(C(F)(F)F)c(N2CC=CC3=C2CCC3)c1. The highest BCUT2D eigenvalue weighted by atomic mass is 19.4. The van der Waals surface area contributed by atoms with Gasteiger partial charge in [0, 0.05) is 12.2 Å². The second kappa shape index (κ2) is 4.65. The van der Waals surface area contributed by atoms with Gasteiger partial charge in [-0.1, -0.05) is 12.2 Å². The van der Waals surface area contributed by atoms with Gasteiger partial charge in [-0.05, 0) is 43.0 Å². The molecule has 0 fully saturated rings. The van der Waals surface area contributed by atoms with Crippen LogP contribution in [0.1, 0.15) is 24.8 Å². The van der Waals surface area contributed by atoms with Crippen molar-refractivity contribution in [1.82, 2.24) is 0 Å². The lowest BCUT2D eigenvalue weighted by Crippen LogP contribution is -2.27. The molecule has 5 heteroatoms. The number of rotatable bonds is 1. The highest BCUT2D eigenvalue weighted by molar-refractivity contribution is 5.63. The molecule has 1 aliphatic carbocycles. The van der Waals surface area contributed by atoms with Gasteiger partial charge in [-0.25, -0.2) is 4.39 Å². The van der Waals surface area contributed by atoms with Crippen molar-refractivity contribution in [2.45, 2.75) is 25.4 Å². The Morgan fingerprint density at radius 1 is 1.10 bits per heavy atom. The third kappa shape index (κ3) is 2.21. The fourth-order valence-electron chi connectivity index (χ4n) is 2.86. The Morgan fingerprint density at radius 2 is 1.90 bits per heavy atom. The maximum atomic E-state index is 13.4. The fraction of sp³-hybridized carbons (Fsp3) is 0.333. The van der Waals surface area contributed by atoms with E-state index in [0.717, 1.165) is 48.7 Å². The van der Waals surface area contributed by atoms with E-state index in [2.05, 4.69) is 0 Å². The maximum Gasteiger partial charge on any atom is 0.418 e. The Bertz CT molecular complexity index is 598. The number of anilines is 1. The molecule has 1 aromatic rings. The molecule has 106 valence electrons. The van der Waals surface area contributed by atoms with Crippen molar-refractivity contribution in [2.24, 2.45) is 0 Å². The third-order valence-electron chi connectivity index (χ3n) is 3.72.